The van der Waals surface area contributed by atoms with Gasteiger partial charge in [-0.25, -0.2) is 0 Å². The molecule has 1 N–H and O–H groups in total. The highest BCUT2D eigenvalue weighted by Crippen LogP contribution is 2.12. The van der Waals surface area contributed by atoms with Crippen LogP contribution in [0, 0.1) is 0 Å². The first-order valence-corrected chi connectivity index (χ1v) is 6.17. The molecule has 0 spiro atoms. The lowest BCUT2D eigenvalue weighted by Gasteiger charge is -2.12. The van der Waals surface area contributed by atoms with E-state index in [-0.39, 0.29) is 0 Å². The molecule has 0 aliphatic carbocycles. The van der Waals surface area contributed by atoms with Gasteiger partial charge in [0.2, 0.25) is 0 Å². The van der Waals surface area contributed by atoms with Crippen molar-refractivity contribution < 1.29 is 0 Å². The van der Waals surface area contributed by atoms with E-state index in [2.05, 4.69) is 61.2 Å². The smallest absolute Gasteiger partial charge is 0.0347 e. The lowest BCUT2D eigenvalue weighted by Crippen LogP contribution is -2.19. The molecule has 0 bridgehead atoms. The molecule has 3 heteroatoms. The van der Waals surface area contributed by atoms with E-state index in [1.54, 1.807) is 0 Å². The summed E-state index contributed by atoms with van der Waals surface area (Å²) >= 11 is 0. The number of nitrogens with one attached hydrogen (secondary N) is 1. The number of hydrogen-bond donors (Lipinski definition) is 1. The summed E-state index contributed by atoms with van der Waals surface area (Å²) < 4.78 is 2.26. The van der Waals surface area contributed by atoms with Gasteiger partial charge in [0, 0.05) is 31.5 Å². The van der Waals surface area contributed by atoms with Gasteiger partial charge >= 0.3 is 0 Å². The van der Waals surface area contributed by atoms with E-state index in [1.807, 2.05) is 0 Å². The predicted molar refractivity (Wildman–Crippen MR) is 69.7 cm³/mol. The molecular formula is C13H25N3. The molecule has 0 aliphatic heterocycles. The van der Waals surface area contributed by atoms with Gasteiger partial charge < -0.3 is 14.8 Å². The highest BCUT2D eigenvalue weighted by Gasteiger charge is 2.05. The van der Waals surface area contributed by atoms with Crippen molar-refractivity contribution in [1.82, 2.24) is 14.8 Å². The maximum Gasteiger partial charge on any atom is 0.0347 e. The standard InChI is InChI=1S/C13H25N3/c1-5-7-14-12(2)13-6-8-16(11-13)10-9-15(3)4/h6,8,11-12,14H,5,7,9-10H2,1-4H3. The van der Waals surface area contributed by atoms with E-state index >= 15 is 0 Å². The van der Waals surface area contributed by atoms with Crippen molar-refractivity contribution in [2.45, 2.75) is 32.9 Å². The van der Waals surface area contributed by atoms with Crippen molar-refractivity contribution >= 4 is 0 Å². The monoisotopic (exact) mass is 223 g/mol. The van der Waals surface area contributed by atoms with Crippen molar-refractivity contribution in [3.63, 3.8) is 0 Å². The van der Waals surface area contributed by atoms with Gasteiger partial charge in [-0.1, -0.05) is 6.92 Å². The van der Waals surface area contributed by atoms with Gasteiger partial charge in [-0.3, -0.25) is 0 Å². The van der Waals surface area contributed by atoms with Gasteiger partial charge in [-0.15, -0.1) is 0 Å². The van der Waals surface area contributed by atoms with Crippen LogP contribution in [0.4, 0.5) is 0 Å². The summed E-state index contributed by atoms with van der Waals surface area (Å²) in [6.45, 7) is 7.66. The zero-order valence-corrected chi connectivity index (χ0v) is 11.0. The van der Waals surface area contributed by atoms with E-state index in [1.165, 1.54) is 12.0 Å². The van der Waals surface area contributed by atoms with E-state index in [4.69, 9.17) is 0 Å². The maximum absolute atomic E-state index is 3.50. The molecule has 3 nitrogen and oxygen atoms in total. The van der Waals surface area contributed by atoms with Crippen molar-refractivity contribution in [3.8, 4) is 0 Å². The Hall–Kier alpha value is -0.800. The quantitative estimate of drug-likeness (QED) is 0.764. The van der Waals surface area contributed by atoms with E-state index in [0.717, 1.165) is 19.6 Å². The molecule has 0 saturated heterocycles. The first-order chi connectivity index (χ1) is 7.63. The van der Waals surface area contributed by atoms with Crippen LogP contribution in [0.25, 0.3) is 0 Å². The van der Waals surface area contributed by atoms with Gasteiger partial charge in [-0.2, -0.15) is 0 Å². The van der Waals surface area contributed by atoms with E-state index in [0.29, 0.717) is 6.04 Å². The molecule has 0 amide bonds. The van der Waals surface area contributed by atoms with Crippen LogP contribution in [0.15, 0.2) is 18.5 Å². The van der Waals surface area contributed by atoms with Crippen molar-refractivity contribution in [1.29, 1.82) is 0 Å². The fraction of sp³-hybridized carbons (Fsp3) is 0.692. The number of hydrogen-bond acceptors (Lipinski definition) is 2. The third kappa shape index (κ3) is 4.37. The topological polar surface area (TPSA) is 20.2 Å². The van der Waals surface area contributed by atoms with Gasteiger partial charge in [0.15, 0.2) is 0 Å². The Morgan fingerprint density at radius 3 is 2.81 bits per heavy atom. The second-order valence-corrected chi connectivity index (χ2v) is 4.66. The van der Waals surface area contributed by atoms with Gasteiger partial charge in [0.05, 0.1) is 0 Å². The number of rotatable bonds is 7. The van der Waals surface area contributed by atoms with Crippen molar-refractivity contribution in [2.24, 2.45) is 0 Å². The third-order valence-electron chi connectivity index (χ3n) is 2.78. The molecule has 1 aromatic heterocycles. The minimum Gasteiger partial charge on any atom is -0.353 e. The fourth-order valence-electron chi connectivity index (χ4n) is 1.65. The summed E-state index contributed by atoms with van der Waals surface area (Å²) in [5, 5.41) is 3.50. The highest BCUT2D eigenvalue weighted by molar-refractivity contribution is 5.14. The Kier molecular flexibility index (Phi) is 5.56. The lowest BCUT2D eigenvalue weighted by atomic mass is 10.2. The van der Waals surface area contributed by atoms with Crippen LogP contribution in [0.3, 0.4) is 0 Å². The number of nitrogens with zero attached hydrogens (tertiary/aromatic N) is 2. The second-order valence-electron chi connectivity index (χ2n) is 4.66. The molecule has 1 unspecified atom stereocenters. The average molecular weight is 223 g/mol. The molecule has 1 rings (SSSR count). The minimum absolute atomic E-state index is 0.459. The molecule has 0 aromatic carbocycles. The third-order valence-corrected chi connectivity index (χ3v) is 2.78. The van der Waals surface area contributed by atoms with E-state index in [9.17, 15) is 0 Å². The first kappa shape index (κ1) is 13.3. The average Bonchev–Trinajstić information content (AvgIpc) is 2.71. The minimum atomic E-state index is 0.459. The molecule has 1 heterocycles. The van der Waals surface area contributed by atoms with Crippen LogP contribution in [-0.2, 0) is 6.54 Å². The Labute approximate surface area is 99.4 Å². The van der Waals surface area contributed by atoms with Crippen LogP contribution in [0.2, 0.25) is 0 Å². The van der Waals surface area contributed by atoms with E-state index < -0.39 is 0 Å². The highest BCUT2D eigenvalue weighted by atomic mass is 15.1. The normalized spacial score (nSPS) is 13.3. The molecule has 1 atom stereocenters. The summed E-state index contributed by atoms with van der Waals surface area (Å²) in [5.74, 6) is 0. The largest absolute Gasteiger partial charge is 0.353 e. The van der Waals surface area contributed by atoms with Crippen LogP contribution < -0.4 is 5.32 Å². The molecule has 16 heavy (non-hydrogen) atoms. The Morgan fingerprint density at radius 2 is 2.19 bits per heavy atom. The van der Waals surface area contributed by atoms with Gasteiger partial charge in [-0.05, 0) is 45.6 Å². The van der Waals surface area contributed by atoms with Crippen molar-refractivity contribution in [2.75, 3.05) is 27.2 Å². The summed E-state index contributed by atoms with van der Waals surface area (Å²) in [4.78, 5) is 2.21. The molecular weight excluding hydrogens is 198 g/mol. The zero-order chi connectivity index (χ0) is 12.0. The Bertz CT molecular complexity index is 291. The van der Waals surface area contributed by atoms with Crippen molar-refractivity contribution in [3.05, 3.63) is 24.0 Å². The molecule has 92 valence electrons. The fourth-order valence-corrected chi connectivity index (χ4v) is 1.65. The van der Waals surface area contributed by atoms with Crippen LogP contribution >= 0.6 is 0 Å². The molecule has 0 aliphatic rings. The molecule has 0 radical (unpaired) electrons. The molecule has 0 fully saturated rings. The summed E-state index contributed by atoms with van der Waals surface area (Å²) in [5.41, 5.74) is 1.38. The SMILES string of the molecule is CCCNC(C)c1ccn(CCN(C)C)c1. The Morgan fingerprint density at radius 1 is 1.44 bits per heavy atom. The molecule has 1 aromatic rings. The van der Waals surface area contributed by atoms with Crippen LogP contribution in [0.1, 0.15) is 31.9 Å². The van der Waals surface area contributed by atoms with Crippen LogP contribution in [0.5, 0.6) is 0 Å². The summed E-state index contributed by atoms with van der Waals surface area (Å²) in [7, 11) is 4.21. The van der Waals surface area contributed by atoms with Gasteiger partial charge in [0.25, 0.3) is 0 Å². The number of likely N-dealkylation sites (N-methyl/N-ethyl adjacent to an activating group) is 1. The number of aromatic nitrogens is 1. The van der Waals surface area contributed by atoms with Gasteiger partial charge in [0.1, 0.15) is 0 Å². The maximum atomic E-state index is 3.50. The lowest BCUT2D eigenvalue weighted by molar-refractivity contribution is 0.384. The first-order valence-electron chi connectivity index (χ1n) is 6.17. The zero-order valence-electron chi connectivity index (χ0n) is 11.0. The predicted octanol–water partition coefficient (Wildman–Crippen LogP) is 2.11. The second kappa shape index (κ2) is 6.71. The Balaban J connectivity index is 2.43. The summed E-state index contributed by atoms with van der Waals surface area (Å²) in [6.07, 6.45) is 5.60. The van der Waals surface area contributed by atoms with Crippen LogP contribution in [-0.4, -0.2) is 36.7 Å². The summed E-state index contributed by atoms with van der Waals surface area (Å²) in [6, 6.07) is 2.67. The molecule has 0 saturated carbocycles.